The van der Waals surface area contributed by atoms with Gasteiger partial charge in [0, 0.05) is 35.0 Å². The molecule has 0 aliphatic carbocycles. The van der Waals surface area contributed by atoms with E-state index in [1.54, 1.807) is 6.33 Å². The summed E-state index contributed by atoms with van der Waals surface area (Å²) in [5, 5.41) is 11.2. The minimum absolute atomic E-state index is 0.785. The first kappa shape index (κ1) is 12.2. The maximum atomic E-state index is 5.70. The first-order valence-corrected chi connectivity index (χ1v) is 6.36. The molecule has 0 aliphatic heterocycles. The fourth-order valence-corrected chi connectivity index (χ4v) is 2.25. The van der Waals surface area contributed by atoms with E-state index >= 15 is 0 Å². The van der Waals surface area contributed by atoms with E-state index in [0.29, 0.717) is 0 Å². The van der Waals surface area contributed by atoms with Crippen molar-refractivity contribution in [2.24, 2.45) is 7.05 Å². The van der Waals surface area contributed by atoms with Crippen molar-refractivity contribution in [3.05, 3.63) is 33.9 Å². The summed E-state index contributed by atoms with van der Waals surface area (Å²) >= 11 is 2.27. The predicted molar refractivity (Wildman–Crippen MR) is 76.8 cm³/mol. The smallest absolute Gasteiger partial charge is 0.134 e. The molecule has 0 saturated carbocycles. The summed E-state index contributed by atoms with van der Waals surface area (Å²) < 4.78 is 3.05. The molecule has 0 saturated heterocycles. The predicted octanol–water partition coefficient (Wildman–Crippen LogP) is 1.66. The highest BCUT2D eigenvalue weighted by molar-refractivity contribution is 14.1. The number of nitrogens with zero attached hydrogens (tertiary/aromatic N) is 3. The Morgan fingerprint density at radius 3 is 2.94 bits per heavy atom. The van der Waals surface area contributed by atoms with Crippen LogP contribution in [0.25, 0.3) is 0 Å². The minimum Gasteiger partial charge on any atom is -0.399 e. The third-order valence-electron chi connectivity index (χ3n) is 2.46. The van der Waals surface area contributed by atoms with E-state index in [0.717, 1.165) is 33.7 Å². The minimum atomic E-state index is 0.785. The average Bonchev–Trinajstić information content (AvgIpc) is 2.68. The second-order valence-corrected chi connectivity index (χ2v) is 4.94. The third kappa shape index (κ3) is 3.09. The lowest BCUT2D eigenvalue weighted by atomic mass is 10.3. The molecule has 6 heteroatoms. The van der Waals surface area contributed by atoms with Crippen LogP contribution in [0, 0.1) is 3.57 Å². The zero-order chi connectivity index (χ0) is 12.3. The lowest BCUT2D eigenvalue weighted by Crippen LogP contribution is -2.09. The van der Waals surface area contributed by atoms with Gasteiger partial charge in [0.25, 0.3) is 0 Å². The van der Waals surface area contributed by atoms with Crippen molar-refractivity contribution in [3.63, 3.8) is 0 Å². The van der Waals surface area contributed by atoms with Crippen LogP contribution < -0.4 is 11.1 Å². The number of aryl methyl sites for hydroxylation is 1. The maximum Gasteiger partial charge on any atom is 0.134 e. The first-order chi connectivity index (χ1) is 8.16. The van der Waals surface area contributed by atoms with Crippen LogP contribution in [0.2, 0.25) is 0 Å². The molecule has 0 bridgehead atoms. The summed E-state index contributed by atoms with van der Waals surface area (Å²) in [5.74, 6) is 0.975. The third-order valence-corrected chi connectivity index (χ3v) is 3.35. The number of hydrogen-bond acceptors (Lipinski definition) is 4. The molecule has 0 fully saturated rings. The number of hydrogen-bond donors (Lipinski definition) is 2. The Kier molecular flexibility index (Phi) is 3.82. The molecule has 0 aliphatic rings. The molecule has 90 valence electrons. The first-order valence-electron chi connectivity index (χ1n) is 5.28. The largest absolute Gasteiger partial charge is 0.399 e. The lowest BCUT2D eigenvalue weighted by Gasteiger charge is -2.08. The molecule has 1 aromatic carbocycles. The average molecular weight is 343 g/mol. The normalized spacial score (nSPS) is 10.5. The quantitative estimate of drug-likeness (QED) is 0.654. The van der Waals surface area contributed by atoms with Gasteiger partial charge in [-0.05, 0) is 40.8 Å². The molecule has 2 rings (SSSR count). The molecule has 0 amide bonds. The lowest BCUT2D eigenvalue weighted by molar-refractivity contribution is 0.788. The van der Waals surface area contributed by atoms with E-state index in [1.807, 2.05) is 29.8 Å². The molecule has 0 radical (unpaired) electrons. The molecule has 5 nitrogen and oxygen atoms in total. The van der Waals surface area contributed by atoms with Crippen molar-refractivity contribution in [2.45, 2.75) is 6.42 Å². The van der Waals surface area contributed by atoms with Gasteiger partial charge in [-0.2, -0.15) is 0 Å². The Hall–Kier alpha value is -1.31. The maximum absolute atomic E-state index is 5.70. The van der Waals surface area contributed by atoms with Crippen molar-refractivity contribution in [1.82, 2.24) is 14.8 Å². The highest BCUT2D eigenvalue weighted by Crippen LogP contribution is 2.20. The fraction of sp³-hybridized carbons (Fsp3) is 0.273. The van der Waals surface area contributed by atoms with Gasteiger partial charge in [-0.25, -0.2) is 0 Å². The van der Waals surface area contributed by atoms with Crippen LogP contribution >= 0.6 is 22.6 Å². The van der Waals surface area contributed by atoms with E-state index < -0.39 is 0 Å². The number of nitrogen functional groups attached to an aromatic ring is 1. The van der Waals surface area contributed by atoms with E-state index in [9.17, 15) is 0 Å². The Balaban J connectivity index is 1.92. The molecular formula is C11H14IN5. The molecule has 3 N–H and O–H groups in total. The number of nitrogens with one attached hydrogen (secondary N) is 1. The number of aromatic nitrogens is 3. The number of nitrogens with two attached hydrogens (primary N) is 1. The fourth-order valence-electron chi connectivity index (χ4n) is 1.52. The van der Waals surface area contributed by atoms with E-state index in [4.69, 9.17) is 5.73 Å². The second kappa shape index (κ2) is 5.35. The van der Waals surface area contributed by atoms with Crippen LogP contribution in [0.5, 0.6) is 0 Å². The molecule has 0 unspecified atom stereocenters. The van der Waals surface area contributed by atoms with Crippen LogP contribution in [0.1, 0.15) is 5.82 Å². The van der Waals surface area contributed by atoms with E-state index in [-0.39, 0.29) is 0 Å². The van der Waals surface area contributed by atoms with Gasteiger partial charge in [-0.15, -0.1) is 10.2 Å². The zero-order valence-electron chi connectivity index (χ0n) is 9.52. The standard InChI is InChI=1S/C11H14IN5/c1-17-7-15-16-11(17)4-5-14-10-3-2-8(13)6-9(10)12/h2-3,6-7,14H,4-5,13H2,1H3. The van der Waals surface area contributed by atoms with Gasteiger partial charge in [0.1, 0.15) is 12.2 Å². The van der Waals surface area contributed by atoms with Gasteiger partial charge >= 0.3 is 0 Å². The van der Waals surface area contributed by atoms with Gasteiger partial charge < -0.3 is 15.6 Å². The topological polar surface area (TPSA) is 68.8 Å². The van der Waals surface area contributed by atoms with Crippen LogP contribution in [-0.4, -0.2) is 21.3 Å². The molecule has 1 aromatic heterocycles. The molecular weight excluding hydrogens is 329 g/mol. The number of benzene rings is 1. The number of rotatable bonds is 4. The monoisotopic (exact) mass is 343 g/mol. The van der Waals surface area contributed by atoms with Gasteiger partial charge in [0.2, 0.25) is 0 Å². The molecule has 2 aromatic rings. The van der Waals surface area contributed by atoms with Crippen molar-refractivity contribution < 1.29 is 0 Å². The van der Waals surface area contributed by atoms with Crippen LogP contribution in [0.4, 0.5) is 11.4 Å². The van der Waals surface area contributed by atoms with Crippen LogP contribution in [-0.2, 0) is 13.5 Å². The Morgan fingerprint density at radius 2 is 2.29 bits per heavy atom. The zero-order valence-corrected chi connectivity index (χ0v) is 11.7. The molecule has 0 spiro atoms. The molecule has 0 atom stereocenters. The van der Waals surface area contributed by atoms with Crippen LogP contribution in [0.15, 0.2) is 24.5 Å². The molecule has 17 heavy (non-hydrogen) atoms. The summed E-state index contributed by atoms with van der Waals surface area (Å²) in [5.41, 5.74) is 7.58. The summed E-state index contributed by atoms with van der Waals surface area (Å²) in [6, 6.07) is 5.84. The number of halogens is 1. The highest BCUT2D eigenvalue weighted by Gasteiger charge is 2.02. The van der Waals surface area contributed by atoms with Gasteiger partial charge in [-0.3, -0.25) is 0 Å². The summed E-state index contributed by atoms with van der Waals surface area (Å²) in [6.07, 6.45) is 2.55. The van der Waals surface area contributed by atoms with Crippen molar-refractivity contribution in [2.75, 3.05) is 17.6 Å². The van der Waals surface area contributed by atoms with Crippen molar-refractivity contribution in [1.29, 1.82) is 0 Å². The van der Waals surface area contributed by atoms with E-state index in [2.05, 4.69) is 38.1 Å². The summed E-state index contributed by atoms with van der Waals surface area (Å²) in [7, 11) is 1.95. The Labute approximate surface area is 114 Å². The van der Waals surface area contributed by atoms with E-state index in [1.165, 1.54) is 0 Å². The number of anilines is 2. The van der Waals surface area contributed by atoms with Crippen molar-refractivity contribution >= 4 is 34.0 Å². The van der Waals surface area contributed by atoms with Gasteiger partial charge in [0.05, 0.1) is 0 Å². The SMILES string of the molecule is Cn1cnnc1CCNc1ccc(N)cc1I. The Morgan fingerprint density at radius 1 is 1.47 bits per heavy atom. The summed E-state index contributed by atoms with van der Waals surface area (Å²) in [4.78, 5) is 0. The van der Waals surface area contributed by atoms with Gasteiger partial charge in [0.15, 0.2) is 0 Å². The molecule has 1 heterocycles. The Bertz CT molecular complexity index is 508. The van der Waals surface area contributed by atoms with Crippen molar-refractivity contribution in [3.8, 4) is 0 Å². The summed E-state index contributed by atoms with van der Waals surface area (Å²) in [6.45, 7) is 0.826. The highest BCUT2D eigenvalue weighted by atomic mass is 127. The second-order valence-electron chi connectivity index (χ2n) is 3.77. The van der Waals surface area contributed by atoms with Crippen LogP contribution in [0.3, 0.4) is 0 Å². The van der Waals surface area contributed by atoms with Gasteiger partial charge in [-0.1, -0.05) is 0 Å².